The van der Waals surface area contributed by atoms with Crippen LogP contribution in [0.4, 0.5) is 5.69 Å². The largest absolute Gasteiger partial charge is 0.481 e. The lowest BCUT2D eigenvalue weighted by Gasteiger charge is -2.08. The van der Waals surface area contributed by atoms with Crippen molar-refractivity contribution in [3.8, 4) is 0 Å². The van der Waals surface area contributed by atoms with Gasteiger partial charge in [0.2, 0.25) is 0 Å². The highest BCUT2D eigenvalue weighted by Gasteiger charge is 2.09. The molecule has 0 aliphatic heterocycles. The number of carbonyl (C=O) groups is 1. The van der Waals surface area contributed by atoms with Crippen LogP contribution >= 0.6 is 0 Å². The van der Waals surface area contributed by atoms with E-state index in [2.05, 4.69) is 10.0 Å². The van der Waals surface area contributed by atoms with E-state index in [-0.39, 0.29) is 6.42 Å². The highest BCUT2D eigenvalue weighted by molar-refractivity contribution is 5.67. The van der Waals surface area contributed by atoms with Gasteiger partial charge in [0.25, 0.3) is 0 Å². The standard InChI is InChI=1S/C9H10N4O2/c10-8(5-9(14)15)6-1-3-7(4-2-6)12-13-11/h1-4,8H,5,10H2,(H,14,15). The molecule has 1 atom stereocenters. The molecule has 78 valence electrons. The highest BCUT2D eigenvalue weighted by Crippen LogP contribution is 2.18. The Morgan fingerprint density at radius 2 is 2.13 bits per heavy atom. The molecular weight excluding hydrogens is 196 g/mol. The second kappa shape index (κ2) is 4.99. The Balaban J connectivity index is 2.79. The second-order valence-electron chi connectivity index (χ2n) is 2.99. The Bertz CT molecular complexity index is 395. The van der Waals surface area contributed by atoms with Crippen LogP contribution in [0.5, 0.6) is 0 Å². The summed E-state index contributed by atoms with van der Waals surface area (Å²) >= 11 is 0. The Hall–Kier alpha value is -2.04. The number of nitrogens with zero attached hydrogens (tertiary/aromatic N) is 3. The van der Waals surface area contributed by atoms with Crippen LogP contribution in [0, 0.1) is 0 Å². The third-order valence-electron chi connectivity index (χ3n) is 1.88. The number of aliphatic carboxylic acids is 1. The van der Waals surface area contributed by atoms with Crippen LogP contribution in [0.3, 0.4) is 0 Å². The SMILES string of the molecule is [N-]=[N+]=Nc1ccc(C(N)CC(=O)O)cc1. The number of hydrogen-bond acceptors (Lipinski definition) is 3. The minimum Gasteiger partial charge on any atom is -0.481 e. The first-order chi connectivity index (χ1) is 7.13. The maximum absolute atomic E-state index is 10.4. The zero-order chi connectivity index (χ0) is 11.3. The first-order valence-electron chi connectivity index (χ1n) is 4.26. The van der Waals surface area contributed by atoms with Crippen LogP contribution in [-0.2, 0) is 4.79 Å². The van der Waals surface area contributed by atoms with Gasteiger partial charge in [-0.15, -0.1) is 0 Å². The van der Waals surface area contributed by atoms with Gasteiger partial charge >= 0.3 is 5.97 Å². The summed E-state index contributed by atoms with van der Waals surface area (Å²) in [5, 5.41) is 11.9. The summed E-state index contributed by atoms with van der Waals surface area (Å²) < 4.78 is 0. The normalized spacial score (nSPS) is 11.5. The van der Waals surface area contributed by atoms with Crippen molar-refractivity contribution in [1.29, 1.82) is 0 Å². The van der Waals surface area contributed by atoms with E-state index in [4.69, 9.17) is 16.4 Å². The molecule has 0 aliphatic carbocycles. The number of carboxylic acid groups (broad SMARTS) is 1. The fourth-order valence-electron chi connectivity index (χ4n) is 1.15. The number of carboxylic acids is 1. The molecule has 0 radical (unpaired) electrons. The quantitative estimate of drug-likeness (QED) is 0.446. The monoisotopic (exact) mass is 206 g/mol. The predicted octanol–water partition coefficient (Wildman–Crippen LogP) is 2.10. The summed E-state index contributed by atoms with van der Waals surface area (Å²) in [5.41, 5.74) is 15.0. The molecule has 6 heteroatoms. The number of hydrogen-bond donors (Lipinski definition) is 2. The molecule has 0 heterocycles. The van der Waals surface area contributed by atoms with Gasteiger partial charge in [-0.2, -0.15) is 0 Å². The van der Waals surface area contributed by atoms with Gasteiger partial charge in [0.15, 0.2) is 0 Å². The molecule has 3 N–H and O–H groups in total. The molecule has 0 amide bonds. The van der Waals surface area contributed by atoms with E-state index in [9.17, 15) is 4.79 Å². The van der Waals surface area contributed by atoms with Crippen LogP contribution < -0.4 is 5.73 Å². The van der Waals surface area contributed by atoms with Crippen LogP contribution in [0.25, 0.3) is 10.4 Å². The average Bonchev–Trinajstić information content (AvgIpc) is 2.18. The molecule has 15 heavy (non-hydrogen) atoms. The lowest BCUT2D eigenvalue weighted by atomic mass is 10.0. The van der Waals surface area contributed by atoms with Crippen molar-refractivity contribution in [3.05, 3.63) is 40.3 Å². The van der Waals surface area contributed by atoms with Gasteiger partial charge in [0.05, 0.1) is 6.42 Å². The molecule has 0 saturated carbocycles. The Morgan fingerprint density at radius 3 is 2.60 bits per heavy atom. The van der Waals surface area contributed by atoms with Crippen molar-refractivity contribution in [2.75, 3.05) is 0 Å². The molecular formula is C9H10N4O2. The van der Waals surface area contributed by atoms with Crippen LogP contribution in [0.2, 0.25) is 0 Å². The predicted molar refractivity (Wildman–Crippen MR) is 54.4 cm³/mol. The number of nitrogens with two attached hydrogens (primary N) is 1. The summed E-state index contributed by atoms with van der Waals surface area (Å²) in [6.07, 6.45) is -0.124. The van der Waals surface area contributed by atoms with Gasteiger partial charge in [-0.3, -0.25) is 4.79 Å². The van der Waals surface area contributed by atoms with Crippen LogP contribution in [0.1, 0.15) is 18.0 Å². The highest BCUT2D eigenvalue weighted by atomic mass is 16.4. The fraction of sp³-hybridized carbons (Fsp3) is 0.222. The molecule has 0 saturated heterocycles. The lowest BCUT2D eigenvalue weighted by molar-refractivity contribution is -0.137. The molecule has 1 unspecified atom stereocenters. The Labute approximate surface area is 86.0 Å². The van der Waals surface area contributed by atoms with Gasteiger partial charge in [0.1, 0.15) is 0 Å². The Kier molecular flexibility index (Phi) is 3.68. The van der Waals surface area contributed by atoms with E-state index in [0.717, 1.165) is 0 Å². The minimum atomic E-state index is -0.943. The second-order valence-corrected chi connectivity index (χ2v) is 2.99. The van der Waals surface area contributed by atoms with E-state index in [1.807, 2.05) is 0 Å². The van der Waals surface area contributed by atoms with E-state index in [1.54, 1.807) is 24.3 Å². The van der Waals surface area contributed by atoms with E-state index in [0.29, 0.717) is 11.3 Å². The smallest absolute Gasteiger partial charge is 0.305 e. The molecule has 6 nitrogen and oxygen atoms in total. The summed E-state index contributed by atoms with van der Waals surface area (Å²) in [7, 11) is 0. The molecule has 1 aromatic carbocycles. The van der Waals surface area contributed by atoms with Gasteiger partial charge in [-0.25, -0.2) is 0 Å². The van der Waals surface area contributed by atoms with E-state index >= 15 is 0 Å². The first kappa shape index (κ1) is 11.0. The summed E-state index contributed by atoms with van der Waals surface area (Å²) in [6.45, 7) is 0. The van der Waals surface area contributed by atoms with Gasteiger partial charge in [-0.05, 0) is 11.1 Å². The molecule has 1 rings (SSSR count). The topological polar surface area (TPSA) is 112 Å². The average molecular weight is 206 g/mol. The van der Waals surface area contributed by atoms with E-state index in [1.165, 1.54) is 0 Å². The van der Waals surface area contributed by atoms with Crippen LogP contribution in [0.15, 0.2) is 29.4 Å². The number of azide groups is 1. The summed E-state index contributed by atoms with van der Waals surface area (Å²) in [4.78, 5) is 13.0. The molecule has 1 aromatic rings. The van der Waals surface area contributed by atoms with E-state index < -0.39 is 12.0 Å². The third kappa shape index (κ3) is 3.30. The van der Waals surface area contributed by atoms with Crippen LogP contribution in [-0.4, -0.2) is 11.1 Å². The van der Waals surface area contributed by atoms with Gasteiger partial charge < -0.3 is 10.8 Å². The zero-order valence-corrected chi connectivity index (χ0v) is 7.87. The maximum atomic E-state index is 10.4. The summed E-state index contributed by atoms with van der Waals surface area (Å²) in [5.74, 6) is -0.943. The zero-order valence-electron chi connectivity index (χ0n) is 7.87. The van der Waals surface area contributed by atoms with Crippen molar-refractivity contribution in [2.45, 2.75) is 12.5 Å². The molecule has 0 aliphatic rings. The third-order valence-corrected chi connectivity index (χ3v) is 1.88. The van der Waals surface area contributed by atoms with Crippen molar-refractivity contribution >= 4 is 11.7 Å². The lowest BCUT2D eigenvalue weighted by Crippen LogP contribution is -2.14. The molecule has 0 spiro atoms. The first-order valence-corrected chi connectivity index (χ1v) is 4.26. The van der Waals surface area contributed by atoms with Crippen molar-refractivity contribution in [3.63, 3.8) is 0 Å². The summed E-state index contributed by atoms with van der Waals surface area (Å²) in [6, 6.07) is 5.95. The number of benzene rings is 1. The maximum Gasteiger partial charge on any atom is 0.305 e. The van der Waals surface area contributed by atoms with Crippen molar-refractivity contribution in [2.24, 2.45) is 10.8 Å². The molecule has 0 bridgehead atoms. The minimum absolute atomic E-state index is 0.124. The fourth-order valence-corrected chi connectivity index (χ4v) is 1.15. The molecule has 0 fully saturated rings. The van der Waals surface area contributed by atoms with Gasteiger partial charge in [-0.1, -0.05) is 29.4 Å². The number of rotatable bonds is 4. The Morgan fingerprint density at radius 1 is 1.53 bits per heavy atom. The molecule has 0 aromatic heterocycles. The van der Waals surface area contributed by atoms with Crippen molar-refractivity contribution < 1.29 is 9.90 Å². The van der Waals surface area contributed by atoms with Crippen molar-refractivity contribution in [1.82, 2.24) is 0 Å². The van der Waals surface area contributed by atoms with Gasteiger partial charge in [0, 0.05) is 16.6 Å².